The van der Waals surface area contributed by atoms with Crippen LogP contribution >= 0.6 is 0 Å². The molecule has 4 rings (SSSR count). The van der Waals surface area contributed by atoms with E-state index in [0.717, 1.165) is 11.3 Å². The van der Waals surface area contributed by atoms with Gasteiger partial charge in [-0.25, -0.2) is 4.99 Å². The Morgan fingerprint density at radius 2 is 1.50 bits per heavy atom. The summed E-state index contributed by atoms with van der Waals surface area (Å²) >= 11 is 0. The summed E-state index contributed by atoms with van der Waals surface area (Å²) in [7, 11) is -2.20. The summed E-state index contributed by atoms with van der Waals surface area (Å²) in [5.74, 6) is 0.0865. The van der Waals surface area contributed by atoms with E-state index in [9.17, 15) is 13.2 Å². The van der Waals surface area contributed by atoms with Crippen LogP contribution in [0.5, 0.6) is 0 Å². The average Bonchev–Trinajstić information content (AvgIpc) is 3.00. The van der Waals surface area contributed by atoms with Gasteiger partial charge in [0.1, 0.15) is 5.71 Å². The molecule has 1 heterocycles. The van der Waals surface area contributed by atoms with E-state index < -0.39 is 10.0 Å². The van der Waals surface area contributed by atoms with Crippen LogP contribution < -0.4 is 4.90 Å². The number of aliphatic imine (C=N–C) groups is 1. The van der Waals surface area contributed by atoms with Crippen LogP contribution in [0.25, 0.3) is 0 Å². The molecule has 6 nitrogen and oxygen atoms in total. The van der Waals surface area contributed by atoms with E-state index in [2.05, 4.69) is 9.39 Å². The average molecular weight is 417 g/mol. The van der Waals surface area contributed by atoms with E-state index in [1.807, 2.05) is 24.3 Å². The Bertz CT molecular complexity index is 1300. The zero-order valence-corrected chi connectivity index (χ0v) is 17.3. The quantitative estimate of drug-likeness (QED) is 0.595. The van der Waals surface area contributed by atoms with Gasteiger partial charge in [0.05, 0.1) is 16.3 Å². The van der Waals surface area contributed by atoms with Crippen LogP contribution in [0, 0.1) is 0 Å². The van der Waals surface area contributed by atoms with Gasteiger partial charge >= 0.3 is 0 Å². The molecule has 0 saturated carbocycles. The molecule has 30 heavy (non-hydrogen) atoms. The van der Waals surface area contributed by atoms with Crippen LogP contribution in [0.15, 0.2) is 93.1 Å². The number of likely N-dealkylation sites (N-methyl/N-ethyl adjacent to an activating group) is 1. The molecule has 7 heteroatoms. The maximum absolute atomic E-state index is 12.9. The van der Waals surface area contributed by atoms with Gasteiger partial charge in [-0.15, -0.1) is 4.40 Å². The van der Waals surface area contributed by atoms with Gasteiger partial charge in [0.2, 0.25) is 0 Å². The first-order valence-electron chi connectivity index (χ1n) is 9.30. The van der Waals surface area contributed by atoms with Crippen LogP contribution in [0.1, 0.15) is 22.8 Å². The van der Waals surface area contributed by atoms with E-state index in [1.54, 1.807) is 54.4 Å². The van der Waals surface area contributed by atoms with Crippen molar-refractivity contribution >= 4 is 38.7 Å². The van der Waals surface area contributed by atoms with Crippen LogP contribution in [0.4, 0.5) is 11.4 Å². The van der Waals surface area contributed by atoms with Gasteiger partial charge in [-0.3, -0.25) is 4.79 Å². The SMILES string of the molecule is CC(=O)c1ccccc1N=C1/C(=N/S(=O)(=O)c2ccccc2)N(C)c2ccccc21. The molecular formula is C23H19N3O3S. The molecule has 0 bridgehead atoms. The van der Waals surface area contributed by atoms with Crippen LogP contribution in [-0.2, 0) is 10.0 Å². The summed E-state index contributed by atoms with van der Waals surface area (Å²) in [6.45, 7) is 1.47. The first kappa shape index (κ1) is 19.7. The predicted octanol–water partition coefficient (Wildman–Crippen LogP) is 4.25. The fraction of sp³-hybridized carbons (Fsp3) is 0.0870. The predicted molar refractivity (Wildman–Crippen MR) is 119 cm³/mol. The topological polar surface area (TPSA) is 79.2 Å². The second kappa shape index (κ2) is 7.68. The molecule has 3 aromatic rings. The lowest BCUT2D eigenvalue weighted by Crippen LogP contribution is -2.27. The van der Waals surface area contributed by atoms with Crippen molar-refractivity contribution in [1.82, 2.24) is 0 Å². The Labute approximate surface area is 175 Å². The minimum Gasteiger partial charge on any atom is -0.326 e. The number of Topliss-reactive ketones (excluding diaryl/α,β-unsaturated/α-hetero) is 1. The van der Waals surface area contributed by atoms with Gasteiger partial charge in [0, 0.05) is 18.2 Å². The van der Waals surface area contributed by atoms with Crippen molar-refractivity contribution in [3.8, 4) is 0 Å². The highest BCUT2D eigenvalue weighted by molar-refractivity contribution is 7.90. The minimum atomic E-state index is -3.95. The highest BCUT2D eigenvalue weighted by atomic mass is 32.2. The maximum atomic E-state index is 12.9. The Morgan fingerprint density at radius 1 is 0.867 bits per heavy atom. The summed E-state index contributed by atoms with van der Waals surface area (Å²) in [6, 6.07) is 22.5. The number of carbonyl (C=O) groups is 1. The lowest BCUT2D eigenvalue weighted by atomic mass is 10.1. The Morgan fingerprint density at radius 3 is 2.23 bits per heavy atom. The van der Waals surface area contributed by atoms with E-state index in [-0.39, 0.29) is 16.5 Å². The van der Waals surface area contributed by atoms with Crippen molar-refractivity contribution < 1.29 is 13.2 Å². The van der Waals surface area contributed by atoms with Gasteiger partial charge in [0.15, 0.2) is 11.6 Å². The molecule has 1 aliphatic rings. The Kier molecular flexibility index (Phi) is 5.05. The number of rotatable bonds is 4. The number of amidine groups is 1. The van der Waals surface area contributed by atoms with Gasteiger partial charge in [-0.1, -0.05) is 48.5 Å². The van der Waals surface area contributed by atoms with E-state index in [4.69, 9.17) is 0 Å². The standard InChI is InChI=1S/C23H19N3O3S/c1-16(27)18-12-6-8-14-20(18)24-22-19-13-7-9-15-21(19)26(2)23(22)25-30(28,29)17-10-4-3-5-11-17/h3-15H,1-2H3/b24-22?,25-23-. The molecule has 0 fully saturated rings. The third kappa shape index (κ3) is 3.55. The summed E-state index contributed by atoms with van der Waals surface area (Å²) in [6.07, 6.45) is 0. The van der Waals surface area contributed by atoms with E-state index in [1.165, 1.54) is 19.1 Å². The molecule has 0 spiro atoms. The van der Waals surface area contributed by atoms with Crippen molar-refractivity contribution in [1.29, 1.82) is 0 Å². The van der Waals surface area contributed by atoms with E-state index >= 15 is 0 Å². The Balaban J connectivity index is 1.94. The second-order valence-electron chi connectivity index (χ2n) is 6.81. The van der Waals surface area contributed by atoms with Gasteiger partial charge in [-0.2, -0.15) is 8.42 Å². The van der Waals surface area contributed by atoms with Crippen molar-refractivity contribution in [2.75, 3.05) is 11.9 Å². The molecule has 0 aromatic heterocycles. The second-order valence-corrected chi connectivity index (χ2v) is 8.42. The smallest absolute Gasteiger partial charge is 0.284 e. The normalized spacial score (nSPS) is 16.1. The molecule has 0 saturated heterocycles. The fourth-order valence-electron chi connectivity index (χ4n) is 3.32. The monoisotopic (exact) mass is 417 g/mol. The molecule has 0 radical (unpaired) electrons. The molecule has 0 aliphatic carbocycles. The zero-order chi connectivity index (χ0) is 21.3. The van der Waals surface area contributed by atoms with Crippen molar-refractivity contribution in [2.24, 2.45) is 9.39 Å². The molecule has 3 aromatic carbocycles. The molecule has 1 aliphatic heterocycles. The van der Waals surface area contributed by atoms with Crippen molar-refractivity contribution in [3.05, 3.63) is 90.0 Å². The summed E-state index contributed by atoms with van der Waals surface area (Å²) in [4.78, 5) is 18.5. The third-order valence-electron chi connectivity index (χ3n) is 4.81. The van der Waals surface area contributed by atoms with Gasteiger partial charge in [-0.05, 0) is 37.3 Å². The van der Waals surface area contributed by atoms with Crippen molar-refractivity contribution in [2.45, 2.75) is 11.8 Å². The fourth-order valence-corrected chi connectivity index (χ4v) is 4.37. The molecule has 0 amide bonds. The number of ketones is 1. The number of hydrogen-bond acceptors (Lipinski definition) is 4. The number of hydrogen-bond donors (Lipinski definition) is 0. The van der Waals surface area contributed by atoms with Gasteiger partial charge in [0.25, 0.3) is 10.0 Å². The van der Waals surface area contributed by atoms with E-state index in [0.29, 0.717) is 17.0 Å². The zero-order valence-electron chi connectivity index (χ0n) is 16.5. The third-order valence-corrected chi connectivity index (χ3v) is 6.09. The number of carbonyl (C=O) groups excluding carboxylic acids is 1. The summed E-state index contributed by atoms with van der Waals surface area (Å²) in [5, 5.41) is 0. The van der Waals surface area contributed by atoms with Crippen LogP contribution in [0.3, 0.4) is 0 Å². The molecule has 0 N–H and O–H groups in total. The van der Waals surface area contributed by atoms with Crippen LogP contribution in [0.2, 0.25) is 0 Å². The largest absolute Gasteiger partial charge is 0.326 e. The number of anilines is 1. The summed E-state index contributed by atoms with van der Waals surface area (Å²) < 4.78 is 30.0. The molecule has 150 valence electrons. The lowest BCUT2D eigenvalue weighted by Gasteiger charge is -2.13. The highest BCUT2D eigenvalue weighted by Crippen LogP contribution is 2.32. The highest BCUT2D eigenvalue weighted by Gasteiger charge is 2.31. The molecule has 0 unspecified atom stereocenters. The molecular weight excluding hydrogens is 398 g/mol. The minimum absolute atomic E-state index is 0.102. The number of fused-ring (bicyclic) bond motifs is 1. The lowest BCUT2D eigenvalue weighted by molar-refractivity contribution is 0.101. The number of nitrogens with zero attached hydrogens (tertiary/aromatic N) is 3. The van der Waals surface area contributed by atoms with Crippen LogP contribution in [-0.4, -0.2) is 32.8 Å². The number of benzene rings is 3. The number of para-hydroxylation sites is 2. The first-order valence-corrected chi connectivity index (χ1v) is 10.7. The first-order chi connectivity index (χ1) is 14.4. The van der Waals surface area contributed by atoms with Gasteiger partial charge < -0.3 is 4.90 Å². The molecule has 0 atom stereocenters. The number of sulfonamides is 1. The Hall–Kier alpha value is -3.58. The summed E-state index contributed by atoms with van der Waals surface area (Å²) in [5.41, 5.74) is 2.87. The van der Waals surface area contributed by atoms with Crippen molar-refractivity contribution in [3.63, 3.8) is 0 Å². The maximum Gasteiger partial charge on any atom is 0.284 e.